The fraction of sp³-hybridized carbons (Fsp3) is 0. The van der Waals surface area contributed by atoms with E-state index < -0.39 is 0 Å². The Balaban J connectivity index is 2.27. The van der Waals surface area contributed by atoms with E-state index in [1.165, 1.54) is 0 Å². The summed E-state index contributed by atoms with van der Waals surface area (Å²) in [5.41, 5.74) is 1.32. The highest BCUT2D eigenvalue weighted by molar-refractivity contribution is 7.71. The molecule has 18 heavy (non-hydrogen) atoms. The Bertz CT molecular complexity index is 778. The number of rotatable bonds is 1. The first kappa shape index (κ1) is 10.8. The van der Waals surface area contributed by atoms with Crippen LogP contribution < -0.4 is 5.56 Å². The van der Waals surface area contributed by atoms with Crippen LogP contribution in [0.4, 0.5) is 0 Å². The molecular formula is C12H8N4OS. The zero-order valence-electron chi connectivity index (χ0n) is 9.20. The first-order chi connectivity index (χ1) is 8.74. The van der Waals surface area contributed by atoms with Crippen LogP contribution in [0.15, 0.2) is 47.4 Å². The minimum absolute atomic E-state index is 0.173. The summed E-state index contributed by atoms with van der Waals surface area (Å²) < 4.78 is 1.80. The van der Waals surface area contributed by atoms with Crippen molar-refractivity contribution in [3.8, 4) is 17.1 Å². The number of H-pyrrole nitrogens is 1. The molecule has 0 radical (unpaired) electrons. The maximum atomic E-state index is 11.7. The number of nitrogens with one attached hydrogen (secondary N) is 1. The Labute approximate surface area is 107 Å². The second kappa shape index (κ2) is 4.15. The Hall–Kier alpha value is -2.34. The second-order valence-corrected chi connectivity index (χ2v) is 4.09. The highest BCUT2D eigenvalue weighted by Crippen LogP contribution is 2.12. The van der Waals surface area contributed by atoms with Crippen LogP contribution in [0.3, 0.4) is 0 Å². The van der Waals surface area contributed by atoms with Crippen molar-refractivity contribution in [2.45, 2.75) is 0 Å². The summed E-state index contributed by atoms with van der Waals surface area (Å²) in [4.78, 5) is 18.3. The maximum absolute atomic E-state index is 11.7. The van der Waals surface area contributed by atoms with Crippen LogP contribution in [-0.2, 0) is 0 Å². The van der Waals surface area contributed by atoms with E-state index in [2.05, 4.69) is 15.1 Å². The third kappa shape index (κ3) is 1.82. The van der Waals surface area contributed by atoms with E-state index in [0.29, 0.717) is 5.69 Å². The molecule has 5 nitrogen and oxygen atoms in total. The quantitative estimate of drug-likeness (QED) is 0.674. The van der Waals surface area contributed by atoms with Crippen LogP contribution >= 0.6 is 12.2 Å². The van der Waals surface area contributed by atoms with Gasteiger partial charge in [0.1, 0.15) is 5.69 Å². The van der Waals surface area contributed by atoms with Gasteiger partial charge in [0.2, 0.25) is 0 Å². The molecule has 0 aromatic heterocycles. The molecule has 0 aliphatic carbocycles. The predicted octanol–water partition coefficient (Wildman–Crippen LogP) is 1.79. The van der Waals surface area contributed by atoms with Crippen LogP contribution in [0, 0.1) is 4.77 Å². The Morgan fingerprint density at radius 3 is 2.72 bits per heavy atom. The molecule has 2 aliphatic rings. The first-order valence-corrected chi connectivity index (χ1v) is 5.70. The summed E-state index contributed by atoms with van der Waals surface area (Å²) in [5.74, 6) is 0. The number of aromatic amines is 1. The van der Waals surface area contributed by atoms with E-state index in [4.69, 9.17) is 12.2 Å². The molecule has 6 heteroatoms. The summed E-state index contributed by atoms with van der Waals surface area (Å²) in [6.07, 6.45) is 1.75. The molecule has 2 aliphatic heterocycles. The van der Waals surface area contributed by atoms with Crippen LogP contribution in [0.2, 0.25) is 0 Å². The van der Waals surface area contributed by atoms with Crippen molar-refractivity contribution in [3.05, 3.63) is 57.7 Å². The van der Waals surface area contributed by atoms with E-state index in [1.807, 2.05) is 30.3 Å². The smallest absolute Gasteiger partial charge is 0.280 e. The lowest BCUT2D eigenvalue weighted by Gasteiger charge is -2.08. The molecular weight excluding hydrogens is 248 g/mol. The minimum atomic E-state index is -0.324. The van der Waals surface area contributed by atoms with Crippen molar-refractivity contribution in [1.82, 2.24) is 19.7 Å². The molecule has 1 aromatic rings. The number of aromatic nitrogens is 4. The topological polar surface area (TPSA) is 63.6 Å². The van der Waals surface area contributed by atoms with Gasteiger partial charge in [-0.3, -0.25) is 9.78 Å². The van der Waals surface area contributed by atoms with Crippen molar-refractivity contribution in [2.75, 3.05) is 0 Å². The van der Waals surface area contributed by atoms with Crippen molar-refractivity contribution >= 4 is 12.2 Å². The lowest BCUT2D eigenvalue weighted by atomic mass is 10.3. The molecule has 2 heterocycles. The van der Waals surface area contributed by atoms with Gasteiger partial charge in [-0.05, 0) is 30.4 Å². The lowest BCUT2D eigenvalue weighted by Crippen LogP contribution is -2.17. The molecule has 0 fully saturated rings. The van der Waals surface area contributed by atoms with Crippen LogP contribution in [-0.4, -0.2) is 19.7 Å². The number of hydrogen-bond acceptors (Lipinski definition) is 4. The van der Waals surface area contributed by atoms with Crippen LogP contribution in [0.25, 0.3) is 17.1 Å². The summed E-state index contributed by atoms with van der Waals surface area (Å²) >= 11 is 4.85. The van der Waals surface area contributed by atoms with Gasteiger partial charge in [-0.25, -0.2) is 9.67 Å². The van der Waals surface area contributed by atoms with Crippen molar-refractivity contribution in [1.29, 1.82) is 0 Å². The fourth-order valence-corrected chi connectivity index (χ4v) is 1.87. The van der Waals surface area contributed by atoms with Gasteiger partial charge in [0, 0.05) is 6.20 Å². The number of nitrogens with zero attached hydrogens (tertiary/aromatic N) is 3. The molecule has 1 N–H and O–H groups in total. The van der Waals surface area contributed by atoms with E-state index >= 15 is 0 Å². The van der Waals surface area contributed by atoms with Crippen LogP contribution in [0.1, 0.15) is 0 Å². The normalized spacial score (nSPS) is 10.7. The molecule has 3 rings (SSSR count). The first-order valence-electron chi connectivity index (χ1n) is 5.29. The lowest BCUT2D eigenvalue weighted by molar-refractivity contribution is 0.829. The Kier molecular flexibility index (Phi) is 2.49. The van der Waals surface area contributed by atoms with E-state index in [-0.39, 0.29) is 16.0 Å². The van der Waals surface area contributed by atoms with Gasteiger partial charge in [-0.2, -0.15) is 5.10 Å². The Morgan fingerprint density at radius 1 is 1.17 bits per heavy atom. The number of hydrogen-bond donors (Lipinski definition) is 1. The van der Waals surface area contributed by atoms with Gasteiger partial charge < -0.3 is 0 Å². The fourth-order valence-electron chi connectivity index (χ4n) is 1.68. The number of para-hydroxylation sites is 1. The SMILES string of the molecule is O=c1[nH]c(=S)nc2ccn(-c3ccccc3)nc1-2. The molecule has 0 saturated carbocycles. The summed E-state index contributed by atoms with van der Waals surface area (Å²) in [5, 5.41) is 4.25. The summed E-state index contributed by atoms with van der Waals surface area (Å²) in [6.45, 7) is 0. The van der Waals surface area contributed by atoms with E-state index in [9.17, 15) is 4.79 Å². The van der Waals surface area contributed by atoms with Crippen molar-refractivity contribution in [3.63, 3.8) is 0 Å². The summed E-state index contributed by atoms with van der Waals surface area (Å²) in [6, 6.07) is 11.3. The molecule has 0 unspecified atom stereocenters. The number of fused-ring (bicyclic) bond motifs is 1. The molecule has 0 amide bonds. The monoisotopic (exact) mass is 256 g/mol. The number of benzene rings is 1. The molecule has 0 saturated heterocycles. The maximum Gasteiger partial charge on any atom is 0.280 e. The summed E-state index contributed by atoms with van der Waals surface area (Å²) in [7, 11) is 0. The van der Waals surface area contributed by atoms with E-state index in [0.717, 1.165) is 5.69 Å². The third-order valence-electron chi connectivity index (χ3n) is 2.50. The van der Waals surface area contributed by atoms with Crippen molar-refractivity contribution < 1.29 is 0 Å². The Morgan fingerprint density at radius 2 is 1.94 bits per heavy atom. The molecule has 88 valence electrons. The largest absolute Gasteiger partial charge is 0.296 e. The second-order valence-electron chi connectivity index (χ2n) is 3.70. The van der Waals surface area contributed by atoms with Gasteiger partial charge >= 0.3 is 0 Å². The van der Waals surface area contributed by atoms with Crippen molar-refractivity contribution in [2.24, 2.45) is 0 Å². The molecule has 0 bridgehead atoms. The van der Waals surface area contributed by atoms with Gasteiger partial charge in [-0.15, -0.1) is 0 Å². The highest BCUT2D eigenvalue weighted by atomic mass is 32.1. The zero-order valence-corrected chi connectivity index (χ0v) is 10.0. The van der Waals surface area contributed by atoms with Gasteiger partial charge in [0.05, 0.1) is 5.69 Å². The molecule has 0 spiro atoms. The van der Waals surface area contributed by atoms with Gasteiger partial charge in [-0.1, -0.05) is 18.2 Å². The predicted molar refractivity (Wildman–Crippen MR) is 69.4 cm³/mol. The van der Waals surface area contributed by atoms with Gasteiger partial charge in [0.25, 0.3) is 5.56 Å². The van der Waals surface area contributed by atoms with E-state index in [1.54, 1.807) is 16.9 Å². The zero-order chi connectivity index (χ0) is 12.5. The molecule has 0 atom stereocenters. The third-order valence-corrected chi connectivity index (χ3v) is 2.70. The highest BCUT2D eigenvalue weighted by Gasteiger charge is 2.10. The standard InChI is InChI=1S/C12H8N4OS/c17-11-10-9(13-12(18)14-11)6-7-16(15-10)8-4-2-1-3-5-8/h1-7H,(H,14,17,18). The average molecular weight is 256 g/mol. The average Bonchev–Trinajstić information content (AvgIpc) is 2.39. The van der Waals surface area contributed by atoms with Crippen LogP contribution in [0.5, 0.6) is 0 Å². The van der Waals surface area contributed by atoms with Gasteiger partial charge in [0.15, 0.2) is 10.5 Å². The molecule has 1 aromatic carbocycles. The minimum Gasteiger partial charge on any atom is -0.296 e.